The molecule has 0 saturated carbocycles. The van der Waals surface area contributed by atoms with Crippen LogP contribution in [0.4, 0.5) is 0 Å². The van der Waals surface area contributed by atoms with Crippen molar-refractivity contribution >= 4 is 16.8 Å². The maximum Gasteiger partial charge on any atom is 0.231 e. The Balaban J connectivity index is 2.32. The number of rotatable bonds is 1. The van der Waals surface area contributed by atoms with E-state index in [0.717, 1.165) is 31.4 Å². The lowest BCUT2D eigenvalue weighted by Gasteiger charge is -2.12. The first-order valence-corrected chi connectivity index (χ1v) is 7.46. The van der Waals surface area contributed by atoms with Crippen molar-refractivity contribution in [2.45, 2.75) is 39.7 Å². The van der Waals surface area contributed by atoms with Crippen molar-refractivity contribution in [1.29, 1.82) is 0 Å². The maximum absolute atomic E-state index is 12.4. The Kier molecular flexibility index (Phi) is 3.38. The van der Waals surface area contributed by atoms with Crippen LogP contribution in [0.2, 0.25) is 0 Å². The smallest absolute Gasteiger partial charge is 0.231 e. The molecule has 2 heterocycles. The van der Waals surface area contributed by atoms with Crippen molar-refractivity contribution in [3.63, 3.8) is 0 Å². The van der Waals surface area contributed by atoms with E-state index in [1.165, 1.54) is 22.2 Å². The normalized spacial score (nSPS) is 16.1. The molecule has 0 N–H and O–H groups in total. The molecule has 0 unspecified atom stereocenters. The lowest BCUT2D eigenvalue weighted by molar-refractivity contribution is 0.0911. The van der Waals surface area contributed by atoms with Gasteiger partial charge in [0, 0.05) is 24.0 Å². The minimum Gasteiger partial charge on any atom is -0.302 e. The van der Waals surface area contributed by atoms with Gasteiger partial charge in [0.15, 0.2) is 0 Å². The highest BCUT2D eigenvalue weighted by molar-refractivity contribution is 5.96. The number of aromatic nitrogens is 1. The van der Waals surface area contributed by atoms with Crippen LogP contribution in [0.1, 0.15) is 41.4 Å². The van der Waals surface area contributed by atoms with Gasteiger partial charge in [-0.1, -0.05) is 18.6 Å². The largest absolute Gasteiger partial charge is 0.302 e. The quantitative estimate of drug-likeness (QED) is 0.793. The highest BCUT2D eigenvalue weighted by Crippen LogP contribution is 2.31. The van der Waals surface area contributed by atoms with Gasteiger partial charge in [-0.05, 0) is 51.1 Å². The predicted molar refractivity (Wildman–Crippen MR) is 82.2 cm³/mol. The monoisotopic (exact) mass is 270 g/mol. The molecular formula is C17H22N2O. The average Bonchev–Trinajstić information content (AvgIpc) is 2.59. The van der Waals surface area contributed by atoms with Crippen LogP contribution in [0.15, 0.2) is 18.2 Å². The molecule has 0 amide bonds. The molecule has 0 radical (unpaired) electrons. The standard InChI is InChI=1S/C17H22N2O/c1-4-17(20)19-15-6-5-9-18(3)11-14(15)13-10-12(2)7-8-16(13)19/h7-8,10H,4-6,9,11H2,1-3H3. The molecule has 0 atom stereocenters. The fourth-order valence-corrected chi connectivity index (χ4v) is 3.27. The minimum absolute atomic E-state index is 0.213. The molecule has 20 heavy (non-hydrogen) atoms. The van der Waals surface area contributed by atoms with Gasteiger partial charge < -0.3 is 4.90 Å². The van der Waals surface area contributed by atoms with Crippen LogP contribution < -0.4 is 0 Å². The summed E-state index contributed by atoms with van der Waals surface area (Å²) in [5, 5.41) is 1.26. The van der Waals surface area contributed by atoms with E-state index in [-0.39, 0.29) is 5.91 Å². The number of aryl methyl sites for hydroxylation is 1. The molecule has 3 nitrogen and oxygen atoms in total. The number of nitrogens with zero attached hydrogens (tertiary/aromatic N) is 2. The van der Waals surface area contributed by atoms with Crippen LogP contribution in [0.25, 0.3) is 10.9 Å². The summed E-state index contributed by atoms with van der Waals surface area (Å²) in [4.78, 5) is 14.7. The van der Waals surface area contributed by atoms with E-state index in [1.54, 1.807) is 0 Å². The van der Waals surface area contributed by atoms with Crippen molar-refractivity contribution in [1.82, 2.24) is 9.47 Å². The fourth-order valence-electron chi connectivity index (χ4n) is 3.27. The summed E-state index contributed by atoms with van der Waals surface area (Å²) in [6.45, 7) is 6.10. The summed E-state index contributed by atoms with van der Waals surface area (Å²) in [6, 6.07) is 6.43. The Labute approximate surface area is 120 Å². The summed E-state index contributed by atoms with van der Waals surface area (Å²) >= 11 is 0. The molecule has 1 aromatic heterocycles. The SMILES string of the molecule is CCC(=O)n1c2c(c3cc(C)ccc31)CN(C)CCC2. The first kappa shape index (κ1) is 13.4. The highest BCUT2D eigenvalue weighted by Gasteiger charge is 2.23. The second kappa shape index (κ2) is 5.06. The number of carbonyl (C=O) groups excluding carboxylic acids is 1. The zero-order valence-electron chi connectivity index (χ0n) is 12.6. The molecule has 0 spiro atoms. The van der Waals surface area contributed by atoms with Gasteiger partial charge in [0.2, 0.25) is 5.91 Å². The van der Waals surface area contributed by atoms with Gasteiger partial charge in [-0.15, -0.1) is 0 Å². The molecule has 1 aromatic carbocycles. The average molecular weight is 270 g/mol. The fraction of sp³-hybridized carbons (Fsp3) is 0.471. The second-order valence-electron chi connectivity index (χ2n) is 5.87. The van der Waals surface area contributed by atoms with Gasteiger partial charge in [-0.3, -0.25) is 9.36 Å². The lowest BCUT2D eigenvalue weighted by Crippen LogP contribution is -2.17. The third-order valence-corrected chi connectivity index (χ3v) is 4.27. The molecule has 1 aliphatic heterocycles. The van der Waals surface area contributed by atoms with E-state index in [9.17, 15) is 4.79 Å². The number of hydrogen-bond donors (Lipinski definition) is 0. The van der Waals surface area contributed by atoms with Crippen LogP contribution >= 0.6 is 0 Å². The van der Waals surface area contributed by atoms with Crippen molar-refractivity contribution in [2.75, 3.05) is 13.6 Å². The van der Waals surface area contributed by atoms with Gasteiger partial charge in [0.1, 0.15) is 0 Å². The zero-order valence-corrected chi connectivity index (χ0v) is 12.6. The Morgan fingerprint density at radius 3 is 2.90 bits per heavy atom. The van der Waals surface area contributed by atoms with E-state index in [1.807, 2.05) is 11.5 Å². The zero-order chi connectivity index (χ0) is 14.3. The van der Waals surface area contributed by atoms with Gasteiger partial charge >= 0.3 is 0 Å². The molecule has 3 rings (SSSR count). The lowest BCUT2D eigenvalue weighted by atomic mass is 10.1. The maximum atomic E-state index is 12.4. The topological polar surface area (TPSA) is 25.2 Å². The number of hydrogen-bond acceptors (Lipinski definition) is 2. The van der Waals surface area contributed by atoms with E-state index in [2.05, 4.69) is 37.1 Å². The Morgan fingerprint density at radius 2 is 2.15 bits per heavy atom. The third kappa shape index (κ3) is 2.06. The summed E-state index contributed by atoms with van der Waals surface area (Å²) < 4.78 is 1.98. The summed E-state index contributed by atoms with van der Waals surface area (Å²) in [5.41, 5.74) is 4.93. The number of benzene rings is 1. The van der Waals surface area contributed by atoms with Gasteiger partial charge in [-0.25, -0.2) is 0 Å². The Morgan fingerprint density at radius 1 is 1.35 bits per heavy atom. The van der Waals surface area contributed by atoms with Crippen LogP contribution in [-0.4, -0.2) is 29.0 Å². The van der Waals surface area contributed by atoms with Crippen LogP contribution in [0.3, 0.4) is 0 Å². The molecule has 0 bridgehead atoms. The number of carbonyl (C=O) groups is 1. The van der Waals surface area contributed by atoms with E-state index < -0.39 is 0 Å². The first-order chi connectivity index (χ1) is 9.61. The third-order valence-electron chi connectivity index (χ3n) is 4.27. The molecule has 1 aliphatic rings. The predicted octanol–water partition coefficient (Wildman–Crippen LogP) is 3.38. The highest BCUT2D eigenvalue weighted by atomic mass is 16.2. The van der Waals surface area contributed by atoms with E-state index in [4.69, 9.17) is 0 Å². The molecule has 106 valence electrons. The first-order valence-electron chi connectivity index (χ1n) is 7.46. The van der Waals surface area contributed by atoms with E-state index >= 15 is 0 Å². The van der Waals surface area contributed by atoms with Crippen LogP contribution in [0.5, 0.6) is 0 Å². The van der Waals surface area contributed by atoms with Crippen LogP contribution in [-0.2, 0) is 13.0 Å². The summed E-state index contributed by atoms with van der Waals surface area (Å²) in [5.74, 6) is 0.213. The van der Waals surface area contributed by atoms with Crippen molar-refractivity contribution in [2.24, 2.45) is 0 Å². The molecule has 2 aromatic rings. The number of fused-ring (bicyclic) bond motifs is 3. The second-order valence-corrected chi connectivity index (χ2v) is 5.87. The molecule has 0 aliphatic carbocycles. The van der Waals surface area contributed by atoms with E-state index in [0.29, 0.717) is 6.42 Å². The van der Waals surface area contributed by atoms with Gasteiger partial charge in [0.25, 0.3) is 0 Å². The Bertz CT molecular complexity index is 669. The minimum atomic E-state index is 0.213. The summed E-state index contributed by atoms with van der Waals surface area (Å²) in [6.07, 6.45) is 2.68. The summed E-state index contributed by atoms with van der Waals surface area (Å²) in [7, 11) is 2.16. The molecular weight excluding hydrogens is 248 g/mol. The molecule has 0 saturated heterocycles. The van der Waals surface area contributed by atoms with Gasteiger partial charge in [-0.2, -0.15) is 0 Å². The van der Waals surface area contributed by atoms with Crippen molar-refractivity contribution in [3.05, 3.63) is 35.0 Å². The Hall–Kier alpha value is -1.61. The molecule has 3 heteroatoms. The van der Waals surface area contributed by atoms with Crippen molar-refractivity contribution < 1.29 is 4.79 Å². The van der Waals surface area contributed by atoms with Crippen molar-refractivity contribution in [3.8, 4) is 0 Å². The molecule has 0 fully saturated rings. The van der Waals surface area contributed by atoms with Crippen LogP contribution in [0, 0.1) is 6.92 Å². The van der Waals surface area contributed by atoms with Gasteiger partial charge in [0.05, 0.1) is 5.52 Å².